The van der Waals surface area contributed by atoms with E-state index in [1.807, 2.05) is 0 Å². The Morgan fingerprint density at radius 2 is 1.03 bits per heavy atom. The van der Waals surface area contributed by atoms with Crippen molar-refractivity contribution < 1.29 is 28.5 Å². The van der Waals surface area contributed by atoms with Gasteiger partial charge in [0.15, 0.2) is 23.0 Å². The zero-order chi connectivity index (χ0) is 23.3. The van der Waals surface area contributed by atoms with Crippen molar-refractivity contribution in [3.05, 3.63) is 82.9 Å². The monoisotopic (exact) mass is 458 g/mol. The van der Waals surface area contributed by atoms with Crippen LogP contribution in [0.1, 0.15) is 31.8 Å². The Kier molecular flexibility index (Phi) is 5.76. The summed E-state index contributed by atoms with van der Waals surface area (Å²) in [4.78, 5) is 24.6. The van der Waals surface area contributed by atoms with E-state index in [4.69, 9.17) is 18.9 Å². The highest BCUT2D eigenvalue weighted by Gasteiger charge is 2.14. The van der Waals surface area contributed by atoms with Crippen molar-refractivity contribution in [2.75, 3.05) is 13.6 Å². The van der Waals surface area contributed by atoms with Gasteiger partial charge in [-0.15, -0.1) is 0 Å². The van der Waals surface area contributed by atoms with E-state index in [0.717, 1.165) is 11.1 Å². The van der Waals surface area contributed by atoms with E-state index in [1.54, 1.807) is 36.4 Å². The van der Waals surface area contributed by atoms with E-state index in [-0.39, 0.29) is 13.6 Å². The zero-order valence-corrected chi connectivity index (χ0v) is 17.7. The second-order valence-electron chi connectivity index (χ2n) is 7.20. The van der Waals surface area contributed by atoms with Crippen molar-refractivity contribution in [3.63, 3.8) is 0 Å². The summed E-state index contributed by atoms with van der Waals surface area (Å²) in [7, 11) is 0. The van der Waals surface area contributed by atoms with Crippen molar-refractivity contribution in [3.8, 4) is 23.0 Å². The number of hydrogen-bond donors (Lipinski definition) is 2. The molecule has 0 aromatic heterocycles. The van der Waals surface area contributed by atoms with Gasteiger partial charge in [-0.3, -0.25) is 9.59 Å². The summed E-state index contributed by atoms with van der Waals surface area (Å²) in [6.45, 7) is 0.375. The van der Waals surface area contributed by atoms with Gasteiger partial charge in [-0.1, -0.05) is 0 Å². The Hall–Kier alpha value is -4.86. The highest BCUT2D eigenvalue weighted by molar-refractivity contribution is 5.98. The van der Waals surface area contributed by atoms with Crippen LogP contribution in [-0.4, -0.2) is 37.8 Å². The van der Waals surface area contributed by atoms with Gasteiger partial charge in [0.25, 0.3) is 11.8 Å². The lowest BCUT2D eigenvalue weighted by Gasteiger charge is -2.03. The summed E-state index contributed by atoms with van der Waals surface area (Å²) in [5.74, 6) is 1.77. The third-order valence-corrected chi connectivity index (χ3v) is 4.96. The Labute approximate surface area is 193 Å². The molecule has 3 aromatic rings. The molecule has 10 nitrogen and oxygen atoms in total. The minimum atomic E-state index is -0.412. The van der Waals surface area contributed by atoms with Crippen LogP contribution in [-0.2, 0) is 0 Å². The van der Waals surface area contributed by atoms with Crippen molar-refractivity contribution in [1.82, 2.24) is 10.9 Å². The first-order valence-corrected chi connectivity index (χ1v) is 10.2. The molecule has 10 heteroatoms. The summed E-state index contributed by atoms with van der Waals surface area (Å²) >= 11 is 0. The number of nitrogens with one attached hydrogen (secondary N) is 2. The van der Waals surface area contributed by atoms with Crippen LogP contribution >= 0.6 is 0 Å². The topological polar surface area (TPSA) is 120 Å². The van der Waals surface area contributed by atoms with E-state index < -0.39 is 11.8 Å². The standard InChI is InChI=1S/C24H18N4O6/c29-23(27-25-11-15-1-7-19-21(9-15)33-13-31-19)17-3-5-18(6-4-17)24(30)28-26-12-16-2-8-20-22(10-16)34-14-32-20/h1-12H,13-14H2,(H,27,29)(H,28,30). The van der Waals surface area contributed by atoms with E-state index in [0.29, 0.717) is 34.1 Å². The van der Waals surface area contributed by atoms with Crippen LogP contribution in [0.2, 0.25) is 0 Å². The lowest BCUT2D eigenvalue weighted by Crippen LogP contribution is -2.19. The Balaban J connectivity index is 1.13. The fourth-order valence-corrected chi connectivity index (χ4v) is 3.22. The molecule has 0 aliphatic carbocycles. The predicted molar refractivity (Wildman–Crippen MR) is 122 cm³/mol. The van der Waals surface area contributed by atoms with Crippen LogP contribution < -0.4 is 29.8 Å². The average Bonchev–Trinajstić information content (AvgIpc) is 3.52. The van der Waals surface area contributed by atoms with Crippen molar-refractivity contribution in [2.24, 2.45) is 10.2 Å². The van der Waals surface area contributed by atoms with E-state index in [9.17, 15) is 9.59 Å². The second kappa shape index (κ2) is 9.33. The van der Waals surface area contributed by atoms with E-state index in [2.05, 4.69) is 21.1 Å². The molecule has 0 spiro atoms. The van der Waals surface area contributed by atoms with Crippen LogP contribution in [0, 0.1) is 0 Å². The number of fused-ring (bicyclic) bond motifs is 2. The molecule has 34 heavy (non-hydrogen) atoms. The van der Waals surface area contributed by atoms with Crippen molar-refractivity contribution in [2.45, 2.75) is 0 Å². The van der Waals surface area contributed by atoms with Crippen LogP contribution in [0.25, 0.3) is 0 Å². The molecule has 0 atom stereocenters. The molecular formula is C24H18N4O6. The third kappa shape index (κ3) is 4.65. The van der Waals surface area contributed by atoms with Gasteiger partial charge in [0.2, 0.25) is 13.6 Å². The smallest absolute Gasteiger partial charge is 0.271 e. The number of hydrazone groups is 2. The molecule has 170 valence electrons. The largest absolute Gasteiger partial charge is 0.454 e. The molecule has 2 N–H and O–H groups in total. The molecule has 0 bridgehead atoms. The van der Waals surface area contributed by atoms with Crippen LogP contribution in [0.3, 0.4) is 0 Å². The van der Waals surface area contributed by atoms with Gasteiger partial charge in [0.05, 0.1) is 12.4 Å². The van der Waals surface area contributed by atoms with Gasteiger partial charge in [-0.25, -0.2) is 10.9 Å². The summed E-state index contributed by atoms with van der Waals surface area (Å²) in [5.41, 5.74) is 7.09. The number of rotatable bonds is 6. The first-order valence-electron chi connectivity index (χ1n) is 10.2. The summed E-state index contributed by atoms with van der Waals surface area (Å²) in [5, 5.41) is 7.91. The Morgan fingerprint density at radius 1 is 0.618 bits per heavy atom. The number of carbonyl (C=O) groups excluding carboxylic acids is 2. The van der Waals surface area contributed by atoms with Crippen molar-refractivity contribution >= 4 is 24.2 Å². The van der Waals surface area contributed by atoms with Crippen LogP contribution in [0.15, 0.2) is 70.9 Å². The Bertz CT molecular complexity index is 1200. The fraction of sp³-hybridized carbons (Fsp3) is 0.0833. The zero-order valence-electron chi connectivity index (χ0n) is 17.7. The fourth-order valence-electron chi connectivity index (χ4n) is 3.22. The molecule has 0 saturated heterocycles. The van der Waals surface area contributed by atoms with Crippen LogP contribution in [0.4, 0.5) is 0 Å². The molecule has 2 amide bonds. The quantitative estimate of drug-likeness (QED) is 0.433. The SMILES string of the molecule is O=C(NN=Cc1ccc2c(c1)OCO2)c1ccc(C(=O)NN=Cc2ccc3c(c2)OCO3)cc1. The number of ether oxygens (including phenoxy) is 4. The maximum Gasteiger partial charge on any atom is 0.271 e. The Morgan fingerprint density at radius 3 is 1.47 bits per heavy atom. The average molecular weight is 458 g/mol. The number of carbonyl (C=O) groups is 2. The maximum atomic E-state index is 12.3. The molecule has 2 heterocycles. The summed E-state index contributed by atoms with van der Waals surface area (Å²) < 4.78 is 21.1. The third-order valence-electron chi connectivity index (χ3n) is 4.96. The van der Waals surface area contributed by atoms with Gasteiger partial charge < -0.3 is 18.9 Å². The van der Waals surface area contributed by atoms with Gasteiger partial charge >= 0.3 is 0 Å². The van der Waals surface area contributed by atoms with Crippen LogP contribution in [0.5, 0.6) is 23.0 Å². The van der Waals surface area contributed by atoms with Gasteiger partial charge in [0, 0.05) is 11.1 Å². The molecule has 0 saturated carbocycles. The normalized spacial score (nSPS) is 13.4. The molecular weight excluding hydrogens is 440 g/mol. The van der Waals surface area contributed by atoms with Gasteiger partial charge in [-0.05, 0) is 71.8 Å². The van der Waals surface area contributed by atoms with Crippen molar-refractivity contribution in [1.29, 1.82) is 0 Å². The number of hydrogen-bond acceptors (Lipinski definition) is 8. The molecule has 5 rings (SSSR count). The molecule has 2 aliphatic heterocycles. The number of amides is 2. The molecule has 0 radical (unpaired) electrons. The highest BCUT2D eigenvalue weighted by Crippen LogP contribution is 2.32. The number of benzene rings is 3. The lowest BCUT2D eigenvalue weighted by atomic mass is 10.1. The minimum absolute atomic E-state index is 0.187. The number of nitrogens with zero attached hydrogens (tertiary/aromatic N) is 2. The van der Waals surface area contributed by atoms with E-state index in [1.165, 1.54) is 36.7 Å². The maximum absolute atomic E-state index is 12.3. The summed E-state index contributed by atoms with van der Waals surface area (Å²) in [6.07, 6.45) is 3.00. The van der Waals surface area contributed by atoms with Gasteiger partial charge in [-0.2, -0.15) is 10.2 Å². The molecule has 3 aromatic carbocycles. The van der Waals surface area contributed by atoms with Gasteiger partial charge in [0.1, 0.15) is 0 Å². The van der Waals surface area contributed by atoms with E-state index >= 15 is 0 Å². The highest BCUT2D eigenvalue weighted by atomic mass is 16.7. The second-order valence-corrected chi connectivity index (χ2v) is 7.20. The predicted octanol–water partition coefficient (Wildman–Crippen LogP) is 2.67. The first kappa shape index (κ1) is 21.0. The first-order chi connectivity index (χ1) is 16.7. The molecule has 0 unspecified atom stereocenters. The minimum Gasteiger partial charge on any atom is -0.454 e. The summed E-state index contributed by atoms with van der Waals surface area (Å²) in [6, 6.07) is 16.8. The molecule has 2 aliphatic rings. The lowest BCUT2D eigenvalue weighted by molar-refractivity contribution is 0.0943. The molecule has 0 fully saturated rings.